The van der Waals surface area contributed by atoms with Gasteiger partial charge in [0.2, 0.25) is 0 Å². The predicted molar refractivity (Wildman–Crippen MR) is 77.1 cm³/mol. The lowest BCUT2D eigenvalue weighted by Gasteiger charge is -2.34. The van der Waals surface area contributed by atoms with Crippen LogP contribution in [0.4, 0.5) is 0 Å². The van der Waals surface area contributed by atoms with Crippen LogP contribution in [0.2, 0.25) is 0 Å². The van der Waals surface area contributed by atoms with E-state index in [0.717, 1.165) is 48.0 Å². The van der Waals surface area contributed by atoms with Crippen molar-refractivity contribution in [2.45, 2.75) is 38.8 Å². The molecule has 1 aromatic heterocycles. The molecule has 1 fully saturated rings. The molecule has 0 amide bonds. The lowest BCUT2D eigenvalue weighted by atomic mass is 9.74. The second-order valence-corrected chi connectivity index (χ2v) is 7.37. The van der Waals surface area contributed by atoms with Crippen molar-refractivity contribution in [3.05, 3.63) is 23.3 Å². The van der Waals surface area contributed by atoms with Gasteiger partial charge in [-0.1, -0.05) is 13.8 Å². The Hall–Kier alpha value is -0.650. The summed E-state index contributed by atoms with van der Waals surface area (Å²) in [6.07, 6.45) is 3.94. The van der Waals surface area contributed by atoms with Gasteiger partial charge in [-0.15, -0.1) is 0 Å². The van der Waals surface area contributed by atoms with Crippen molar-refractivity contribution in [2.24, 2.45) is 11.1 Å². The van der Waals surface area contributed by atoms with Crippen molar-refractivity contribution in [2.75, 3.05) is 18.1 Å². The van der Waals surface area contributed by atoms with E-state index in [4.69, 9.17) is 15.5 Å². The molecular formula is C14H21N3OS. The Balaban J connectivity index is 1.90. The number of hydrogen-bond donors (Lipinski definition) is 1. The molecule has 0 bridgehead atoms. The average molecular weight is 279 g/mol. The summed E-state index contributed by atoms with van der Waals surface area (Å²) in [5.41, 5.74) is 8.69. The number of hydrogen-bond acceptors (Lipinski definition) is 5. The first-order valence-electron chi connectivity index (χ1n) is 6.86. The summed E-state index contributed by atoms with van der Waals surface area (Å²) in [5, 5.41) is 0. The van der Waals surface area contributed by atoms with Gasteiger partial charge in [-0.25, -0.2) is 9.97 Å². The Morgan fingerprint density at radius 3 is 3.05 bits per heavy atom. The van der Waals surface area contributed by atoms with Crippen LogP contribution in [0.25, 0.3) is 0 Å². The molecule has 4 nitrogen and oxygen atoms in total. The third-order valence-electron chi connectivity index (χ3n) is 3.84. The summed E-state index contributed by atoms with van der Waals surface area (Å²) in [5.74, 6) is 2.85. The maximum absolute atomic E-state index is 6.24. The topological polar surface area (TPSA) is 61.0 Å². The van der Waals surface area contributed by atoms with Gasteiger partial charge >= 0.3 is 0 Å². The molecule has 2 atom stereocenters. The third kappa shape index (κ3) is 2.78. The number of nitrogens with zero attached hydrogens (tertiary/aromatic N) is 2. The van der Waals surface area contributed by atoms with Gasteiger partial charge in [0.1, 0.15) is 6.10 Å². The Kier molecular flexibility index (Phi) is 3.53. The van der Waals surface area contributed by atoms with Crippen molar-refractivity contribution >= 4 is 11.8 Å². The largest absolute Gasteiger partial charge is 0.368 e. The molecule has 2 unspecified atom stereocenters. The molecule has 2 N–H and O–H groups in total. The first-order chi connectivity index (χ1) is 9.05. The van der Waals surface area contributed by atoms with Crippen LogP contribution < -0.4 is 5.73 Å². The van der Waals surface area contributed by atoms with Crippen LogP contribution in [0.3, 0.4) is 0 Å². The van der Waals surface area contributed by atoms with E-state index in [0.29, 0.717) is 0 Å². The molecule has 5 heteroatoms. The average Bonchev–Trinajstić information content (AvgIpc) is 2.37. The normalized spacial score (nSPS) is 29.8. The van der Waals surface area contributed by atoms with Gasteiger partial charge in [-0.3, -0.25) is 0 Å². The fraction of sp³-hybridized carbons (Fsp3) is 0.714. The third-order valence-corrected chi connectivity index (χ3v) is 4.83. The van der Waals surface area contributed by atoms with E-state index in [9.17, 15) is 0 Å². The highest BCUT2D eigenvalue weighted by atomic mass is 32.2. The summed E-state index contributed by atoms with van der Waals surface area (Å²) >= 11 is 1.91. The zero-order chi connectivity index (χ0) is 13.5. The molecule has 2 heterocycles. The van der Waals surface area contributed by atoms with Crippen LogP contribution in [0.5, 0.6) is 0 Å². The van der Waals surface area contributed by atoms with Gasteiger partial charge in [0.05, 0.1) is 6.61 Å². The van der Waals surface area contributed by atoms with Crippen LogP contribution in [0, 0.1) is 5.41 Å². The predicted octanol–water partition coefficient (Wildman–Crippen LogP) is 2.25. The first kappa shape index (κ1) is 13.3. The SMILES string of the molecule is CC1(C)Cc2nc(C3CSCCO3)ncc2C(N)C1. The molecule has 19 heavy (non-hydrogen) atoms. The fourth-order valence-corrected chi connectivity index (χ4v) is 3.76. The number of aromatic nitrogens is 2. The zero-order valence-electron chi connectivity index (χ0n) is 11.6. The smallest absolute Gasteiger partial charge is 0.158 e. The molecule has 1 aliphatic heterocycles. The minimum absolute atomic E-state index is 0.0466. The Bertz CT molecular complexity index is 472. The quantitative estimate of drug-likeness (QED) is 0.854. The minimum atomic E-state index is 0.0466. The molecule has 2 aliphatic rings. The standard InChI is InChI=1S/C14H21N3OS/c1-14(2)5-10(15)9-7-16-13(17-11(9)6-14)12-8-19-4-3-18-12/h7,10,12H,3-6,8,15H2,1-2H3. The van der Waals surface area contributed by atoms with E-state index in [2.05, 4.69) is 18.8 Å². The van der Waals surface area contributed by atoms with Crippen molar-refractivity contribution in [1.29, 1.82) is 0 Å². The van der Waals surface area contributed by atoms with Gasteiger partial charge in [-0.05, 0) is 18.3 Å². The number of fused-ring (bicyclic) bond motifs is 1. The maximum atomic E-state index is 6.24. The lowest BCUT2D eigenvalue weighted by molar-refractivity contribution is 0.0689. The number of rotatable bonds is 1. The summed E-state index contributed by atoms with van der Waals surface area (Å²) in [6, 6.07) is 0.0643. The maximum Gasteiger partial charge on any atom is 0.158 e. The number of thioether (sulfide) groups is 1. The van der Waals surface area contributed by atoms with E-state index in [1.807, 2.05) is 18.0 Å². The van der Waals surface area contributed by atoms with E-state index in [1.165, 1.54) is 0 Å². The molecule has 3 rings (SSSR count). The lowest BCUT2D eigenvalue weighted by Crippen LogP contribution is -2.31. The van der Waals surface area contributed by atoms with Gasteiger partial charge < -0.3 is 10.5 Å². The van der Waals surface area contributed by atoms with Crippen LogP contribution in [0.1, 0.15) is 49.5 Å². The monoisotopic (exact) mass is 279 g/mol. The van der Waals surface area contributed by atoms with E-state index >= 15 is 0 Å². The second kappa shape index (κ2) is 5.04. The summed E-state index contributed by atoms with van der Waals surface area (Å²) in [6.45, 7) is 5.30. The second-order valence-electron chi connectivity index (χ2n) is 6.22. The molecule has 0 saturated carbocycles. The van der Waals surface area contributed by atoms with Crippen molar-refractivity contribution in [1.82, 2.24) is 9.97 Å². The Morgan fingerprint density at radius 1 is 1.47 bits per heavy atom. The Morgan fingerprint density at radius 2 is 2.32 bits per heavy atom. The van der Waals surface area contributed by atoms with Crippen molar-refractivity contribution < 1.29 is 4.74 Å². The van der Waals surface area contributed by atoms with Crippen LogP contribution in [-0.4, -0.2) is 28.1 Å². The molecule has 1 aliphatic carbocycles. The molecule has 0 radical (unpaired) electrons. The zero-order valence-corrected chi connectivity index (χ0v) is 12.4. The molecule has 0 spiro atoms. The van der Waals surface area contributed by atoms with Crippen LogP contribution in [0.15, 0.2) is 6.20 Å². The van der Waals surface area contributed by atoms with Crippen molar-refractivity contribution in [3.8, 4) is 0 Å². The molecule has 1 aromatic rings. The first-order valence-corrected chi connectivity index (χ1v) is 8.01. The van der Waals surface area contributed by atoms with E-state index < -0.39 is 0 Å². The fourth-order valence-electron chi connectivity index (χ4n) is 2.92. The highest BCUT2D eigenvalue weighted by Crippen LogP contribution is 2.39. The summed E-state index contributed by atoms with van der Waals surface area (Å²) in [7, 11) is 0. The van der Waals surface area contributed by atoms with Crippen LogP contribution in [-0.2, 0) is 11.2 Å². The Labute approximate surface area is 118 Å². The minimum Gasteiger partial charge on any atom is -0.368 e. The summed E-state index contributed by atoms with van der Waals surface area (Å²) < 4.78 is 5.76. The molecular weight excluding hydrogens is 258 g/mol. The number of ether oxygens (including phenoxy) is 1. The summed E-state index contributed by atoms with van der Waals surface area (Å²) in [4.78, 5) is 9.24. The van der Waals surface area contributed by atoms with Crippen LogP contribution >= 0.6 is 11.8 Å². The van der Waals surface area contributed by atoms with E-state index in [1.54, 1.807) is 0 Å². The highest BCUT2D eigenvalue weighted by molar-refractivity contribution is 7.99. The van der Waals surface area contributed by atoms with Gasteiger partial charge in [-0.2, -0.15) is 11.8 Å². The highest BCUT2D eigenvalue weighted by Gasteiger charge is 2.32. The van der Waals surface area contributed by atoms with E-state index in [-0.39, 0.29) is 17.6 Å². The van der Waals surface area contributed by atoms with Crippen molar-refractivity contribution in [3.63, 3.8) is 0 Å². The molecule has 0 aromatic carbocycles. The van der Waals surface area contributed by atoms with Gasteiger partial charge in [0, 0.05) is 35.0 Å². The molecule has 104 valence electrons. The number of nitrogens with two attached hydrogens (primary N) is 1. The van der Waals surface area contributed by atoms with Gasteiger partial charge in [0.15, 0.2) is 5.82 Å². The molecule has 1 saturated heterocycles. The van der Waals surface area contributed by atoms with Gasteiger partial charge in [0.25, 0.3) is 0 Å².